The van der Waals surface area contributed by atoms with Crippen LogP contribution in [0.25, 0.3) is 0 Å². The number of amides is 1. The van der Waals surface area contributed by atoms with E-state index in [1.165, 1.54) is 263 Å². The zero-order valence-electron chi connectivity index (χ0n) is 57.2. The van der Waals surface area contributed by atoms with Crippen molar-refractivity contribution in [2.24, 2.45) is 0 Å². The summed E-state index contributed by atoms with van der Waals surface area (Å²) in [6, 6.07) is -0.937. The van der Waals surface area contributed by atoms with Gasteiger partial charge in [-0.15, -0.1) is 0 Å². The second-order valence-corrected chi connectivity index (χ2v) is 26.8. The Kier molecular flexibility index (Phi) is 56.1. The summed E-state index contributed by atoms with van der Waals surface area (Å²) in [5, 5.41) is 87.5. The summed E-state index contributed by atoms with van der Waals surface area (Å²) in [5.74, 6) is -0.246. The number of aliphatic hydroxyl groups is 8. The first kappa shape index (κ1) is 83.3. The summed E-state index contributed by atoms with van der Waals surface area (Å²) in [7, 11) is 0. The average Bonchev–Trinajstić information content (AvgIpc) is 1.33. The predicted octanol–water partition coefficient (Wildman–Crippen LogP) is 16.1. The number of hydrogen-bond donors (Lipinski definition) is 9. The molecule has 89 heavy (non-hydrogen) atoms. The minimum absolute atomic E-state index is 0.246. The van der Waals surface area contributed by atoms with E-state index in [9.17, 15) is 45.6 Å². The lowest BCUT2D eigenvalue weighted by atomic mass is 9.97. The van der Waals surface area contributed by atoms with Crippen LogP contribution in [0.5, 0.6) is 0 Å². The highest BCUT2D eigenvalue weighted by Gasteiger charge is 2.51. The lowest BCUT2D eigenvalue weighted by molar-refractivity contribution is -0.359. The number of carbonyl (C=O) groups excluding carboxylic acids is 1. The van der Waals surface area contributed by atoms with Gasteiger partial charge in [-0.2, -0.15) is 0 Å². The van der Waals surface area contributed by atoms with E-state index in [0.29, 0.717) is 12.8 Å². The van der Waals surface area contributed by atoms with Crippen molar-refractivity contribution in [1.29, 1.82) is 0 Å². The maximum absolute atomic E-state index is 13.3. The van der Waals surface area contributed by atoms with Crippen molar-refractivity contribution in [3.63, 3.8) is 0 Å². The molecule has 12 atom stereocenters. The van der Waals surface area contributed by atoms with E-state index in [1.807, 2.05) is 6.08 Å². The SMILES string of the molecule is CCCCCCCCCCCCCCCCCCCCC/C=C/CC/C=C/CC/C=C/C(O)C(COC1OC(CO)C(OC2OC(CO)C(O)C(O)C2O)C(O)C1O)NC(=O)CCCCCCCCCCCCCCCCCCCCCCCCCCCC. The van der Waals surface area contributed by atoms with Gasteiger partial charge in [-0.05, 0) is 44.9 Å². The molecule has 2 rings (SSSR count). The number of rotatable bonds is 63. The van der Waals surface area contributed by atoms with Crippen LogP contribution >= 0.6 is 0 Å². The van der Waals surface area contributed by atoms with Crippen LogP contribution in [0.3, 0.4) is 0 Å². The molecule has 0 aromatic rings. The monoisotopic (exact) mass is 1260 g/mol. The number of aliphatic hydroxyl groups excluding tert-OH is 8. The van der Waals surface area contributed by atoms with E-state index >= 15 is 0 Å². The Bertz CT molecular complexity index is 1630. The van der Waals surface area contributed by atoms with Gasteiger partial charge < -0.3 is 65.1 Å². The van der Waals surface area contributed by atoms with E-state index < -0.39 is 86.8 Å². The molecular weight excluding hydrogens is 1120 g/mol. The lowest BCUT2D eigenvalue weighted by Crippen LogP contribution is -2.65. The van der Waals surface area contributed by atoms with Gasteiger partial charge >= 0.3 is 0 Å². The Morgan fingerprint density at radius 1 is 0.393 bits per heavy atom. The summed E-state index contributed by atoms with van der Waals surface area (Å²) in [5.41, 5.74) is 0. The van der Waals surface area contributed by atoms with Crippen molar-refractivity contribution in [3.05, 3.63) is 36.5 Å². The largest absolute Gasteiger partial charge is 0.394 e. The standard InChI is InChI=1S/C75H141NO13/c1-3-5-7-9-11-13-15-17-19-21-23-25-27-29-31-32-33-34-36-38-40-42-44-46-48-50-52-54-56-58-64(79)63(62-86-74-72(85)70(83)73(66(61-78)88-74)89-75-71(84)69(82)68(81)65(60-77)87-75)76-67(80)59-57-55-53-51-49-47-45-43-41-39-37-35-30-28-26-24-22-20-18-16-14-12-10-8-6-4-2/h40,42,48,50,56,58,63-66,68-75,77-79,81-85H,3-39,41,43-47,49,51-55,57,59-62H2,1-2H3,(H,76,80)/b42-40+,50-48+,58-56+. The third kappa shape index (κ3) is 43.7. The summed E-state index contributed by atoms with van der Waals surface area (Å²) in [4.78, 5) is 13.3. The molecule has 1 amide bonds. The highest BCUT2D eigenvalue weighted by Crippen LogP contribution is 2.30. The quantitative estimate of drug-likeness (QED) is 0.0204. The fourth-order valence-corrected chi connectivity index (χ4v) is 12.6. The summed E-state index contributed by atoms with van der Waals surface area (Å²) < 4.78 is 22.9. The van der Waals surface area contributed by atoms with Crippen LogP contribution in [0.15, 0.2) is 36.5 Å². The molecular formula is C75H141NO13. The van der Waals surface area contributed by atoms with Gasteiger partial charge in [0.05, 0.1) is 32.0 Å². The van der Waals surface area contributed by atoms with Gasteiger partial charge in [0.2, 0.25) is 5.91 Å². The van der Waals surface area contributed by atoms with Gasteiger partial charge in [0, 0.05) is 6.42 Å². The number of hydrogen-bond acceptors (Lipinski definition) is 13. The molecule has 2 aliphatic heterocycles. The van der Waals surface area contributed by atoms with Crippen LogP contribution in [-0.4, -0.2) is 140 Å². The molecule has 0 aromatic heterocycles. The topological polar surface area (TPSA) is 228 Å². The Balaban J connectivity index is 1.67. The van der Waals surface area contributed by atoms with Crippen molar-refractivity contribution in [2.75, 3.05) is 19.8 Å². The zero-order valence-corrected chi connectivity index (χ0v) is 57.2. The average molecular weight is 1260 g/mol. The highest BCUT2D eigenvalue weighted by molar-refractivity contribution is 5.76. The molecule has 2 saturated heterocycles. The lowest BCUT2D eigenvalue weighted by Gasteiger charge is -2.46. The molecule has 0 aliphatic carbocycles. The van der Waals surface area contributed by atoms with Crippen LogP contribution < -0.4 is 5.32 Å². The molecule has 12 unspecified atom stereocenters. The first-order chi connectivity index (χ1) is 43.6. The van der Waals surface area contributed by atoms with E-state index in [4.69, 9.17) is 18.9 Å². The third-order valence-electron chi connectivity index (χ3n) is 18.6. The molecule has 2 heterocycles. The number of ether oxygens (including phenoxy) is 4. The van der Waals surface area contributed by atoms with Gasteiger partial charge in [-0.25, -0.2) is 0 Å². The molecule has 0 spiro atoms. The minimum Gasteiger partial charge on any atom is -0.394 e. The highest BCUT2D eigenvalue weighted by atomic mass is 16.7. The summed E-state index contributed by atoms with van der Waals surface area (Å²) in [6.45, 7) is 2.84. The summed E-state index contributed by atoms with van der Waals surface area (Å²) >= 11 is 0. The predicted molar refractivity (Wildman–Crippen MR) is 365 cm³/mol. The molecule has 0 radical (unpaired) electrons. The van der Waals surface area contributed by atoms with E-state index in [2.05, 4.69) is 43.5 Å². The number of carbonyl (C=O) groups is 1. The van der Waals surface area contributed by atoms with Gasteiger partial charge in [0.15, 0.2) is 12.6 Å². The van der Waals surface area contributed by atoms with Crippen molar-refractivity contribution in [2.45, 2.75) is 415 Å². The van der Waals surface area contributed by atoms with Crippen LogP contribution in [0.2, 0.25) is 0 Å². The van der Waals surface area contributed by atoms with Crippen LogP contribution in [0, 0.1) is 0 Å². The smallest absolute Gasteiger partial charge is 0.220 e. The Morgan fingerprint density at radius 2 is 0.719 bits per heavy atom. The zero-order chi connectivity index (χ0) is 64.5. The molecule has 9 N–H and O–H groups in total. The second kappa shape index (κ2) is 59.9. The van der Waals surface area contributed by atoms with Crippen molar-refractivity contribution >= 4 is 5.91 Å². The molecule has 0 aromatic carbocycles. The van der Waals surface area contributed by atoms with Crippen molar-refractivity contribution in [1.82, 2.24) is 5.32 Å². The van der Waals surface area contributed by atoms with E-state index in [1.54, 1.807) is 6.08 Å². The maximum atomic E-state index is 13.3. The molecule has 14 nitrogen and oxygen atoms in total. The van der Waals surface area contributed by atoms with Crippen molar-refractivity contribution in [3.8, 4) is 0 Å². The van der Waals surface area contributed by atoms with Gasteiger partial charge in [-0.3, -0.25) is 4.79 Å². The van der Waals surface area contributed by atoms with E-state index in [-0.39, 0.29) is 18.9 Å². The minimum atomic E-state index is -1.79. The van der Waals surface area contributed by atoms with Gasteiger partial charge in [-0.1, -0.05) is 326 Å². The Labute approximate surface area is 544 Å². The molecule has 0 saturated carbocycles. The molecule has 0 bridgehead atoms. The maximum Gasteiger partial charge on any atom is 0.220 e. The van der Waals surface area contributed by atoms with E-state index in [0.717, 1.165) is 44.9 Å². The first-order valence-electron chi connectivity index (χ1n) is 37.7. The molecule has 2 fully saturated rings. The third-order valence-corrected chi connectivity index (χ3v) is 18.6. The van der Waals surface area contributed by atoms with Crippen LogP contribution in [0.1, 0.15) is 341 Å². The summed E-state index contributed by atoms with van der Waals surface area (Å²) in [6.07, 6.45) is 60.8. The number of allylic oxidation sites excluding steroid dienone is 5. The number of unbranched alkanes of at least 4 members (excludes halogenated alkanes) is 46. The second-order valence-electron chi connectivity index (χ2n) is 26.8. The fraction of sp³-hybridized carbons (Fsp3) is 0.907. The van der Waals surface area contributed by atoms with Crippen molar-refractivity contribution < 1.29 is 64.6 Å². The van der Waals surface area contributed by atoms with Gasteiger partial charge in [0.25, 0.3) is 0 Å². The number of nitrogens with one attached hydrogen (secondary N) is 1. The molecule has 524 valence electrons. The van der Waals surface area contributed by atoms with Gasteiger partial charge in [0.1, 0.15) is 48.8 Å². The van der Waals surface area contributed by atoms with Crippen LogP contribution in [-0.2, 0) is 23.7 Å². The fourth-order valence-electron chi connectivity index (χ4n) is 12.6. The molecule has 14 heteroatoms. The first-order valence-corrected chi connectivity index (χ1v) is 37.7. The normalized spacial score (nSPS) is 23.2. The Hall–Kier alpha value is -1.79. The molecule has 2 aliphatic rings. The van der Waals surface area contributed by atoms with Crippen LogP contribution in [0.4, 0.5) is 0 Å². The Morgan fingerprint density at radius 3 is 1.10 bits per heavy atom.